The van der Waals surface area contributed by atoms with E-state index in [2.05, 4.69) is 29.2 Å². The topological polar surface area (TPSA) is 38.9 Å². The van der Waals surface area contributed by atoms with Gasteiger partial charge in [-0.2, -0.15) is 0 Å². The molecule has 3 rings (SSSR count). The number of rotatable bonds is 2. The van der Waals surface area contributed by atoms with E-state index in [1.54, 1.807) is 11.3 Å². The van der Waals surface area contributed by atoms with Gasteiger partial charge < -0.3 is 5.73 Å². The molecule has 0 aliphatic heterocycles. The molecular weight excluding hydrogens is 228 g/mol. The zero-order valence-corrected chi connectivity index (χ0v) is 10.1. The first kappa shape index (κ1) is 10.3. The number of aromatic nitrogens is 1. The van der Waals surface area contributed by atoms with Crippen LogP contribution in [0.3, 0.4) is 0 Å². The van der Waals surface area contributed by atoms with Crippen molar-refractivity contribution >= 4 is 27.2 Å². The fraction of sp³-hybridized carbons (Fsp3) is 0.0714. The maximum atomic E-state index is 5.95. The van der Waals surface area contributed by atoms with Crippen LogP contribution in [0.2, 0.25) is 0 Å². The molecule has 0 atom stereocenters. The first-order valence-corrected chi connectivity index (χ1v) is 6.36. The first-order valence-electron chi connectivity index (χ1n) is 5.48. The third kappa shape index (κ3) is 2.01. The zero-order chi connectivity index (χ0) is 11.7. The van der Waals surface area contributed by atoms with Crippen LogP contribution in [0.25, 0.3) is 10.2 Å². The van der Waals surface area contributed by atoms with Crippen molar-refractivity contribution in [2.75, 3.05) is 5.73 Å². The number of para-hydroxylation sites is 1. The van der Waals surface area contributed by atoms with E-state index in [0.29, 0.717) is 0 Å². The van der Waals surface area contributed by atoms with Gasteiger partial charge in [0.15, 0.2) is 0 Å². The summed E-state index contributed by atoms with van der Waals surface area (Å²) in [6.07, 6.45) is 0.876. The van der Waals surface area contributed by atoms with Gasteiger partial charge in [-0.3, -0.25) is 0 Å². The van der Waals surface area contributed by atoms with Crippen LogP contribution in [0.5, 0.6) is 0 Å². The molecule has 0 amide bonds. The Hall–Kier alpha value is -1.87. The summed E-state index contributed by atoms with van der Waals surface area (Å²) in [5, 5.41) is 0. The summed E-state index contributed by atoms with van der Waals surface area (Å²) in [5.41, 5.74) is 12.2. The van der Waals surface area contributed by atoms with E-state index in [9.17, 15) is 0 Å². The van der Waals surface area contributed by atoms with Gasteiger partial charge in [0.25, 0.3) is 0 Å². The quantitative estimate of drug-likeness (QED) is 0.697. The number of nitrogens with zero attached hydrogens (tertiary/aromatic N) is 1. The second-order valence-corrected chi connectivity index (χ2v) is 4.92. The Balaban J connectivity index is 1.97. The minimum atomic E-state index is 0.858. The van der Waals surface area contributed by atoms with E-state index in [1.807, 2.05) is 23.7 Å². The van der Waals surface area contributed by atoms with E-state index in [4.69, 9.17) is 5.73 Å². The van der Waals surface area contributed by atoms with Crippen LogP contribution in [0, 0.1) is 0 Å². The number of nitrogen functional groups attached to an aromatic ring is 1. The molecule has 2 nitrogen and oxygen atoms in total. The van der Waals surface area contributed by atoms with Crippen molar-refractivity contribution in [3.05, 3.63) is 59.1 Å². The van der Waals surface area contributed by atoms with Crippen molar-refractivity contribution in [1.29, 1.82) is 0 Å². The smallest absolute Gasteiger partial charge is 0.0812 e. The third-order valence-electron chi connectivity index (χ3n) is 2.85. The van der Waals surface area contributed by atoms with Gasteiger partial charge in [0.2, 0.25) is 0 Å². The highest BCUT2D eigenvalue weighted by Crippen LogP contribution is 2.22. The zero-order valence-electron chi connectivity index (χ0n) is 9.26. The molecule has 0 aliphatic carbocycles. The molecular formula is C14H12N2S. The van der Waals surface area contributed by atoms with E-state index >= 15 is 0 Å². The van der Waals surface area contributed by atoms with Crippen molar-refractivity contribution in [3.8, 4) is 0 Å². The Kier molecular flexibility index (Phi) is 2.53. The molecule has 0 saturated heterocycles. The highest BCUT2D eigenvalue weighted by molar-refractivity contribution is 7.16. The molecule has 3 heteroatoms. The normalized spacial score (nSPS) is 10.8. The minimum absolute atomic E-state index is 0.858. The summed E-state index contributed by atoms with van der Waals surface area (Å²) in [4.78, 5) is 4.28. The Morgan fingerprint density at radius 3 is 2.88 bits per heavy atom. The number of thiazole rings is 1. The summed E-state index contributed by atoms with van der Waals surface area (Å²) >= 11 is 1.67. The number of anilines is 1. The molecule has 0 aliphatic rings. The molecule has 2 N–H and O–H groups in total. The molecule has 0 spiro atoms. The van der Waals surface area contributed by atoms with E-state index in [0.717, 1.165) is 17.6 Å². The summed E-state index contributed by atoms with van der Waals surface area (Å²) in [7, 11) is 0. The molecule has 1 aromatic heterocycles. The maximum Gasteiger partial charge on any atom is 0.0812 e. The predicted octanol–water partition coefficient (Wildman–Crippen LogP) is 3.47. The lowest BCUT2D eigenvalue weighted by atomic mass is 10.0. The number of benzene rings is 2. The third-order valence-corrected chi connectivity index (χ3v) is 3.64. The Morgan fingerprint density at radius 1 is 1.12 bits per heavy atom. The van der Waals surface area contributed by atoms with Gasteiger partial charge >= 0.3 is 0 Å². The number of nitrogens with two attached hydrogens (primary N) is 1. The van der Waals surface area contributed by atoms with Crippen LogP contribution in [-0.2, 0) is 6.42 Å². The van der Waals surface area contributed by atoms with Crippen molar-refractivity contribution < 1.29 is 0 Å². The fourth-order valence-corrected chi connectivity index (χ4v) is 2.67. The summed E-state index contributed by atoms with van der Waals surface area (Å²) in [5.74, 6) is 0. The van der Waals surface area contributed by atoms with Crippen molar-refractivity contribution in [2.45, 2.75) is 6.42 Å². The second-order valence-electron chi connectivity index (χ2n) is 4.03. The van der Waals surface area contributed by atoms with Crippen LogP contribution in [0.15, 0.2) is 48.0 Å². The fourth-order valence-electron chi connectivity index (χ4n) is 1.92. The lowest BCUT2D eigenvalue weighted by Gasteiger charge is -2.05. The maximum absolute atomic E-state index is 5.95. The van der Waals surface area contributed by atoms with Crippen LogP contribution in [0.4, 0.5) is 5.69 Å². The second kappa shape index (κ2) is 4.18. The first-order chi connectivity index (χ1) is 8.33. The molecule has 0 unspecified atom stereocenters. The Bertz CT molecular complexity index is 658. The Morgan fingerprint density at radius 2 is 2.00 bits per heavy atom. The lowest BCUT2D eigenvalue weighted by molar-refractivity contribution is 1.20. The van der Waals surface area contributed by atoms with Gasteiger partial charge in [-0.25, -0.2) is 4.98 Å². The molecule has 2 aromatic carbocycles. The molecule has 3 aromatic rings. The number of fused-ring (bicyclic) bond motifs is 1. The summed E-state index contributed by atoms with van der Waals surface area (Å²) < 4.78 is 1.23. The molecule has 0 radical (unpaired) electrons. The summed E-state index contributed by atoms with van der Waals surface area (Å²) in [6.45, 7) is 0. The lowest BCUT2D eigenvalue weighted by Crippen LogP contribution is -1.94. The van der Waals surface area contributed by atoms with E-state index < -0.39 is 0 Å². The van der Waals surface area contributed by atoms with Gasteiger partial charge in [-0.1, -0.05) is 24.3 Å². The highest BCUT2D eigenvalue weighted by atomic mass is 32.1. The molecule has 17 heavy (non-hydrogen) atoms. The molecule has 0 saturated carbocycles. The van der Waals surface area contributed by atoms with Crippen molar-refractivity contribution in [1.82, 2.24) is 4.98 Å². The molecule has 1 heterocycles. The molecule has 0 fully saturated rings. The standard InChI is InChI=1S/C14H12N2S/c15-12-4-2-1-3-11(12)7-10-5-6-13-14(8-10)17-9-16-13/h1-6,8-9H,7,15H2. The van der Waals surface area contributed by atoms with Crippen molar-refractivity contribution in [3.63, 3.8) is 0 Å². The van der Waals surface area contributed by atoms with Gasteiger partial charge in [0, 0.05) is 5.69 Å². The average molecular weight is 240 g/mol. The number of hydrogen-bond donors (Lipinski definition) is 1. The minimum Gasteiger partial charge on any atom is -0.398 e. The molecule has 0 bridgehead atoms. The SMILES string of the molecule is Nc1ccccc1Cc1ccc2ncsc2c1. The van der Waals surface area contributed by atoms with Crippen molar-refractivity contribution in [2.24, 2.45) is 0 Å². The largest absolute Gasteiger partial charge is 0.398 e. The van der Waals surface area contributed by atoms with E-state index in [-0.39, 0.29) is 0 Å². The molecule has 84 valence electrons. The van der Waals surface area contributed by atoms with Gasteiger partial charge in [0.1, 0.15) is 0 Å². The van der Waals surface area contributed by atoms with Gasteiger partial charge in [0.05, 0.1) is 15.7 Å². The number of hydrogen-bond acceptors (Lipinski definition) is 3. The predicted molar refractivity (Wildman–Crippen MR) is 73.3 cm³/mol. The van der Waals surface area contributed by atoms with Crippen LogP contribution >= 0.6 is 11.3 Å². The highest BCUT2D eigenvalue weighted by Gasteiger charge is 2.02. The monoisotopic (exact) mass is 240 g/mol. The Labute approximate surface area is 104 Å². The van der Waals surface area contributed by atoms with Gasteiger partial charge in [-0.05, 0) is 35.7 Å². The average Bonchev–Trinajstić information content (AvgIpc) is 2.79. The van der Waals surface area contributed by atoms with Crippen LogP contribution in [0.1, 0.15) is 11.1 Å². The van der Waals surface area contributed by atoms with E-state index in [1.165, 1.54) is 15.8 Å². The van der Waals surface area contributed by atoms with Gasteiger partial charge in [-0.15, -0.1) is 11.3 Å². The van der Waals surface area contributed by atoms with Crippen LogP contribution < -0.4 is 5.73 Å². The summed E-state index contributed by atoms with van der Waals surface area (Å²) in [6, 6.07) is 14.4. The van der Waals surface area contributed by atoms with Crippen LogP contribution in [-0.4, -0.2) is 4.98 Å².